The number of piperidine rings is 1. The van der Waals surface area contributed by atoms with E-state index in [0.29, 0.717) is 25.8 Å². The number of Topliss-reactive ketones (excluding diaryl/α,β-unsaturated/α-hetero) is 1. The van der Waals surface area contributed by atoms with Crippen LogP contribution in [0.15, 0.2) is 11.8 Å². The zero-order chi connectivity index (χ0) is 22.6. The zero-order valence-corrected chi connectivity index (χ0v) is 20.3. The van der Waals surface area contributed by atoms with Gasteiger partial charge in [0.15, 0.2) is 5.41 Å². The number of hydrogen-bond donors (Lipinski definition) is 0. The van der Waals surface area contributed by atoms with Crippen molar-refractivity contribution in [2.75, 3.05) is 20.3 Å². The van der Waals surface area contributed by atoms with Crippen LogP contribution in [0.1, 0.15) is 39.5 Å². The summed E-state index contributed by atoms with van der Waals surface area (Å²) in [6.07, 6.45) is 3.79. The van der Waals surface area contributed by atoms with Crippen molar-refractivity contribution in [1.29, 1.82) is 0 Å². The molecule has 0 aromatic rings. The van der Waals surface area contributed by atoms with Gasteiger partial charge in [-0.05, 0) is 45.1 Å². The number of fused-ring (bicyclic) bond motifs is 1. The van der Waals surface area contributed by atoms with Crippen LogP contribution < -0.4 is 0 Å². The maximum Gasteiger partial charge on any atom is 0.322 e. The highest BCUT2D eigenvalue weighted by atomic mass is 79.9. The van der Waals surface area contributed by atoms with Crippen LogP contribution in [-0.4, -0.2) is 65.9 Å². The molecule has 2 heterocycles. The predicted molar refractivity (Wildman–Crippen MR) is 117 cm³/mol. The van der Waals surface area contributed by atoms with Crippen molar-refractivity contribution in [2.24, 2.45) is 34.5 Å². The average Bonchev–Trinajstić information content (AvgIpc) is 3.24. The molecule has 5 fully saturated rings. The van der Waals surface area contributed by atoms with Gasteiger partial charge in [-0.1, -0.05) is 15.9 Å². The number of halogens is 1. The molecule has 6 aliphatic rings. The summed E-state index contributed by atoms with van der Waals surface area (Å²) >= 11 is 3.92. The second kappa shape index (κ2) is 6.81. The monoisotopic (exact) mass is 507 g/mol. The third kappa shape index (κ3) is 2.11. The Morgan fingerprint density at radius 1 is 1.31 bits per heavy atom. The van der Waals surface area contributed by atoms with Gasteiger partial charge in [-0.25, -0.2) is 0 Å². The van der Waals surface area contributed by atoms with Crippen LogP contribution >= 0.6 is 15.9 Å². The van der Waals surface area contributed by atoms with E-state index in [1.807, 2.05) is 17.9 Å². The topological polar surface area (TPSA) is 82.1 Å². The van der Waals surface area contributed by atoms with Gasteiger partial charge in [0.25, 0.3) is 0 Å². The van der Waals surface area contributed by atoms with E-state index >= 15 is 0 Å². The normalized spacial score (nSPS) is 50.0. The lowest BCUT2D eigenvalue weighted by Crippen LogP contribution is -2.72. The van der Waals surface area contributed by atoms with Crippen LogP contribution in [0.2, 0.25) is 0 Å². The Morgan fingerprint density at radius 2 is 2.09 bits per heavy atom. The maximum atomic E-state index is 13.9. The van der Waals surface area contributed by atoms with E-state index < -0.39 is 16.8 Å². The van der Waals surface area contributed by atoms with E-state index in [1.54, 1.807) is 14.0 Å². The fourth-order valence-electron chi connectivity index (χ4n) is 8.80. The van der Waals surface area contributed by atoms with E-state index in [-0.39, 0.29) is 65.0 Å². The lowest BCUT2D eigenvalue weighted by atomic mass is 9.47. The average molecular weight is 508 g/mol. The van der Waals surface area contributed by atoms with Crippen LogP contribution in [-0.2, 0) is 28.6 Å². The van der Waals surface area contributed by atoms with Gasteiger partial charge in [0, 0.05) is 42.7 Å². The number of carbonyl (C=O) groups is 3. The predicted octanol–water partition coefficient (Wildman–Crippen LogP) is 2.46. The smallest absolute Gasteiger partial charge is 0.322 e. The standard InChI is InChI=1S/C24H30BrNO6/c1-4-26-20-13(25)9-16-23(21(26)28,22(29)31-5-2)7-6-17-24(16,20)12-8-11-14(27)10-15(32-17)18(12)19(11)30-3/h6,11-13,15-16,18-20H,4-5,7-10H2,1-3H3/t11-,12+,13+,15?,16+,18?,19-,20?,23-,24?/m0/s1. The van der Waals surface area contributed by atoms with E-state index in [1.165, 1.54) is 0 Å². The molecule has 6 bridgehead atoms. The minimum Gasteiger partial charge on any atom is -0.494 e. The number of nitrogens with zero attached hydrogens (tertiary/aromatic N) is 1. The van der Waals surface area contributed by atoms with Gasteiger partial charge in [-0.2, -0.15) is 0 Å². The largest absolute Gasteiger partial charge is 0.494 e. The molecule has 3 saturated carbocycles. The minimum atomic E-state index is -1.23. The third-order valence-electron chi connectivity index (χ3n) is 9.62. The number of rotatable bonds is 4. The number of ether oxygens (including phenoxy) is 3. The molecule has 32 heavy (non-hydrogen) atoms. The highest BCUT2D eigenvalue weighted by Gasteiger charge is 2.81. The molecule has 1 spiro atoms. The van der Waals surface area contributed by atoms with Crippen LogP contribution in [0.25, 0.3) is 0 Å². The van der Waals surface area contributed by atoms with E-state index in [4.69, 9.17) is 14.2 Å². The van der Waals surface area contributed by atoms with E-state index in [0.717, 1.165) is 12.2 Å². The molecular formula is C24H30BrNO6. The quantitative estimate of drug-likeness (QED) is 0.330. The van der Waals surface area contributed by atoms with Crippen molar-refractivity contribution >= 4 is 33.6 Å². The van der Waals surface area contributed by atoms with Crippen molar-refractivity contribution in [3.8, 4) is 0 Å². The molecule has 0 aromatic heterocycles. The number of esters is 1. The third-order valence-corrected chi connectivity index (χ3v) is 10.5. The Bertz CT molecular complexity index is 935. The maximum absolute atomic E-state index is 13.9. The van der Waals surface area contributed by atoms with Crippen LogP contribution in [0.4, 0.5) is 0 Å². The first-order chi connectivity index (χ1) is 15.4. The molecule has 2 aliphatic heterocycles. The SMILES string of the molecule is CCOC(=O)[C@@]12CC=C3OC4CC(=O)[C@@H]5C[C@H](C4[C@H]5OC)C34C([C@H](Br)C[C@@H]41)N(CC)C2=O. The van der Waals surface area contributed by atoms with Gasteiger partial charge < -0.3 is 19.1 Å². The summed E-state index contributed by atoms with van der Waals surface area (Å²) in [5.74, 6) is 0.464. The molecule has 4 aliphatic carbocycles. The van der Waals surface area contributed by atoms with Gasteiger partial charge in [-0.15, -0.1) is 0 Å². The minimum absolute atomic E-state index is 0.0477. The number of allylic oxidation sites excluding steroid dienone is 1. The summed E-state index contributed by atoms with van der Waals surface area (Å²) in [4.78, 5) is 42.4. The molecule has 7 nitrogen and oxygen atoms in total. The molecule has 0 N–H and O–H groups in total. The van der Waals surface area contributed by atoms with E-state index in [2.05, 4.69) is 15.9 Å². The summed E-state index contributed by atoms with van der Waals surface area (Å²) in [6, 6.07) is -0.114. The first-order valence-electron chi connectivity index (χ1n) is 11.9. The molecule has 6 rings (SSSR count). The zero-order valence-electron chi connectivity index (χ0n) is 18.7. The van der Waals surface area contributed by atoms with Crippen molar-refractivity contribution < 1.29 is 28.6 Å². The molecule has 0 aromatic carbocycles. The molecule has 10 atom stereocenters. The molecule has 4 unspecified atom stereocenters. The van der Waals surface area contributed by atoms with Gasteiger partial charge >= 0.3 is 5.97 Å². The number of amides is 1. The fraction of sp³-hybridized carbons (Fsp3) is 0.792. The number of ketones is 1. The summed E-state index contributed by atoms with van der Waals surface area (Å²) < 4.78 is 18.1. The number of methoxy groups -OCH3 is 1. The second-order valence-electron chi connectivity index (χ2n) is 10.3. The highest BCUT2D eigenvalue weighted by molar-refractivity contribution is 9.09. The van der Waals surface area contributed by atoms with Crippen LogP contribution in [0.3, 0.4) is 0 Å². The Labute approximate surface area is 196 Å². The summed E-state index contributed by atoms with van der Waals surface area (Å²) in [5.41, 5.74) is -1.73. The van der Waals surface area contributed by atoms with Crippen molar-refractivity contribution in [3.05, 3.63) is 11.8 Å². The van der Waals surface area contributed by atoms with Crippen molar-refractivity contribution in [2.45, 2.75) is 62.6 Å². The Morgan fingerprint density at radius 3 is 2.78 bits per heavy atom. The van der Waals surface area contributed by atoms with Gasteiger partial charge in [-0.3, -0.25) is 14.4 Å². The van der Waals surface area contributed by atoms with Gasteiger partial charge in [0.05, 0.1) is 24.2 Å². The molecule has 8 heteroatoms. The number of hydrogen-bond acceptors (Lipinski definition) is 6. The highest BCUT2D eigenvalue weighted by Crippen LogP contribution is 2.75. The lowest BCUT2D eigenvalue weighted by molar-refractivity contribution is -0.210. The first-order valence-corrected chi connectivity index (χ1v) is 12.8. The fourth-order valence-corrected chi connectivity index (χ4v) is 9.90. The molecule has 1 amide bonds. The molecule has 0 radical (unpaired) electrons. The molecule has 2 saturated heterocycles. The van der Waals surface area contributed by atoms with Crippen LogP contribution in [0, 0.1) is 34.5 Å². The Kier molecular flexibility index (Phi) is 4.50. The van der Waals surface area contributed by atoms with Gasteiger partial charge in [0.1, 0.15) is 17.6 Å². The number of carbonyl (C=O) groups excluding carboxylic acids is 3. The van der Waals surface area contributed by atoms with Crippen molar-refractivity contribution in [1.82, 2.24) is 4.90 Å². The van der Waals surface area contributed by atoms with Gasteiger partial charge in [0.2, 0.25) is 5.91 Å². The van der Waals surface area contributed by atoms with Crippen molar-refractivity contribution in [3.63, 3.8) is 0 Å². The Hall–Kier alpha value is -1.41. The number of likely N-dealkylation sites (tertiary alicyclic amines) is 1. The molecular weight excluding hydrogens is 478 g/mol. The summed E-state index contributed by atoms with van der Waals surface area (Å²) in [5, 5.41) is 0. The molecule has 174 valence electrons. The van der Waals surface area contributed by atoms with Crippen LogP contribution in [0.5, 0.6) is 0 Å². The second-order valence-corrected chi connectivity index (χ2v) is 11.5. The Balaban J connectivity index is 1.59. The first kappa shape index (κ1) is 21.1. The van der Waals surface area contributed by atoms with E-state index in [9.17, 15) is 14.4 Å². The number of alkyl halides is 1. The lowest BCUT2D eigenvalue weighted by Gasteiger charge is -2.64. The summed E-state index contributed by atoms with van der Waals surface area (Å²) in [6.45, 7) is 4.52. The summed E-state index contributed by atoms with van der Waals surface area (Å²) in [7, 11) is 1.69.